The molecule has 0 aromatic rings. The summed E-state index contributed by atoms with van der Waals surface area (Å²) in [4.78, 5) is 14.3. The molecule has 3 unspecified atom stereocenters. The van der Waals surface area contributed by atoms with E-state index in [-0.39, 0.29) is 24.2 Å². The van der Waals surface area contributed by atoms with E-state index in [9.17, 15) is 4.79 Å². The van der Waals surface area contributed by atoms with Crippen LogP contribution in [0.25, 0.3) is 0 Å². The lowest BCUT2D eigenvalue weighted by molar-refractivity contribution is -0.146. The maximum Gasteiger partial charge on any atom is 0.324 e. The van der Waals surface area contributed by atoms with E-state index in [2.05, 4.69) is 17.1 Å². The van der Waals surface area contributed by atoms with E-state index in [1.54, 1.807) is 7.11 Å². The van der Waals surface area contributed by atoms with E-state index >= 15 is 0 Å². The maximum atomic E-state index is 12.0. The highest BCUT2D eigenvalue weighted by molar-refractivity contribution is 5.76. The first kappa shape index (κ1) is 17.4. The van der Waals surface area contributed by atoms with Crippen molar-refractivity contribution in [3.8, 4) is 0 Å². The van der Waals surface area contributed by atoms with Crippen molar-refractivity contribution < 1.29 is 14.3 Å². The molecule has 118 valence electrons. The molecule has 0 aromatic carbocycles. The van der Waals surface area contributed by atoms with Gasteiger partial charge in [0, 0.05) is 26.2 Å². The summed E-state index contributed by atoms with van der Waals surface area (Å²) < 4.78 is 10.7. The predicted octanol–water partition coefficient (Wildman–Crippen LogP) is 1.27. The molecule has 5 heteroatoms. The fourth-order valence-electron chi connectivity index (χ4n) is 2.67. The molecule has 0 spiro atoms. The molecule has 1 aliphatic heterocycles. The number of nitrogens with one attached hydrogen (secondary N) is 1. The monoisotopic (exact) mass is 286 g/mol. The second kappa shape index (κ2) is 8.60. The Morgan fingerprint density at radius 3 is 2.70 bits per heavy atom. The number of carbonyl (C=O) groups is 1. The van der Waals surface area contributed by atoms with Crippen molar-refractivity contribution in [2.45, 2.75) is 52.3 Å². The van der Waals surface area contributed by atoms with E-state index < -0.39 is 0 Å². The van der Waals surface area contributed by atoms with Crippen molar-refractivity contribution in [1.29, 1.82) is 0 Å². The first-order chi connectivity index (χ1) is 9.47. The van der Waals surface area contributed by atoms with Crippen molar-refractivity contribution in [3.63, 3.8) is 0 Å². The zero-order chi connectivity index (χ0) is 15.1. The van der Waals surface area contributed by atoms with Gasteiger partial charge in [-0.2, -0.15) is 0 Å². The van der Waals surface area contributed by atoms with Crippen molar-refractivity contribution in [1.82, 2.24) is 10.2 Å². The maximum absolute atomic E-state index is 12.0. The lowest BCUT2D eigenvalue weighted by Crippen LogP contribution is -2.53. The molecule has 0 saturated carbocycles. The summed E-state index contributed by atoms with van der Waals surface area (Å²) in [6.07, 6.45) is 1.36. The van der Waals surface area contributed by atoms with Crippen LogP contribution < -0.4 is 5.32 Å². The van der Waals surface area contributed by atoms with Crippen LogP contribution >= 0.6 is 0 Å². The quantitative estimate of drug-likeness (QED) is 0.714. The van der Waals surface area contributed by atoms with Crippen LogP contribution in [0.1, 0.15) is 34.1 Å². The van der Waals surface area contributed by atoms with Crippen LogP contribution in [0.3, 0.4) is 0 Å². The SMILES string of the molecule is CCOC(=O)C(CN1CCC(C)C(OC)C1)NC(C)C. The molecule has 1 N–H and O–H groups in total. The number of ether oxygens (including phenoxy) is 2. The van der Waals surface area contributed by atoms with Crippen LogP contribution in [0.2, 0.25) is 0 Å². The zero-order valence-electron chi connectivity index (χ0n) is 13.5. The second-order valence-corrected chi connectivity index (χ2v) is 5.93. The largest absolute Gasteiger partial charge is 0.465 e. The smallest absolute Gasteiger partial charge is 0.324 e. The molecule has 0 amide bonds. The molecule has 1 fully saturated rings. The highest BCUT2D eigenvalue weighted by Crippen LogP contribution is 2.19. The molecular formula is C15H30N2O3. The van der Waals surface area contributed by atoms with Crippen LogP contribution in [0.15, 0.2) is 0 Å². The third-order valence-corrected chi connectivity index (χ3v) is 3.82. The number of rotatable bonds is 7. The highest BCUT2D eigenvalue weighted by Gasteiger charge is 2.30. The molecule has 0 aliphatic carbocycles. The Morgan fingerprint density at radius 2 is 2.15 bits per heavy atom. The summed E-state index contributed by atoms with van der Waals surface area (Å²) in [5, 5.41) is 3.30. The summed E-state index contributed by atoms with van der Waals surface area (Å²) in [6.45, 7) is 11.2. The van der Waals surface area contributed by atoms with Gasteiger partial charge in [-0.05, 0) is 25.8 Å². The number of piperidine rings is 1. The zero-order valence-corrected chi connectivity index (χ0v) is 13.5. The number of hydrogen-bond donors (Lipinski definition) is 1. The van der Waals surface area contributed by atoms with Gasteiger partial charge in [0.2, 0.25) is 0 Å². The summed E-state index contributed by atoms with van der Waals surface area (Å²) in [5.74, 6) is 0.421. The highest BCUT2D eigenvalue weighted by atomic mass is 16.5. The van der Waals surface area contributed by atoms with E-state index in [0.29, 0.717) is 19.1 Å². The van der Waals surface area contributed by atoms with Gasteiger partial charge in [0.15, 0.2) is 0 Å². The van der Waals surface area contributed by atoms with Crippen molar-refractivity contribution in [2.24, 2.45) is 5.92 Å². The van der Waals surface area contributed by atoms with Crippen LogP contribution in [-0.2, 0) is 14.3 Å². The van der Waals surface area contributed by atoms with E-state index in [1.807, 2.05) is 20.8 Å². The topological polar surface area (TPSA) is 50.8 Å². The summed E-state index contributed by atoms with van der Waals surface area (Å²) in [7, 11) is 1.76. The molecule has 1 rings (SSSR count). The first-order valence-electron chi connectivity index (χ1n) is 7.65. The average Bonchev–Trinajstić information content (AvgIpc) is 2.39. The van der Waals surface area contributed by atoms with Gasteiger partial charge in [0.1, 0.15) is 6.04 Å². The van der Waals surface area contributed by atoms with Gasteiger partial charge in [-0.1, -0.05) is 20.8 Å². The molecule has 0 aromatic heterocycles. The third kappa shape index (κ3) is 5.38. The molecule has 1 heterocycles. The Bertz CT molecular complexity index is 297. The van der Waals surface area contributed by atoms with Crippen molar-refractivity contribution in [2.75, 3.05) is 33.4 Å². The number of methoxy groups -OCH3 is 1. The molecule has 0 radical (unpaired) electrons. The number of hydrogen-bond acceptors (Lipinski definition) is 5. The van der Waals surface area contributed by atoms with Gasteiger partial charge in [-0.3, -0.25) is 9.69 Å². The van der Waals surface area contributed by atoms with Crippen LogP contribution in [0.4, 0.5) is 0 Å². The van der Waals surface area contributed by atoms with Crippen LogP contribution in [0.5, 0.6) is 0 Å². The molecule has 5 nitrogen and oxygen atoms in total. The minimum atomic E-state index is -0.263. The van der Waals surface area contributed by atoms with E-state index in [4.69, 9.17) is 9.47 Å². The fourth-order valence-corrected chi connectivity index (χ4v) is 2.67. The molecular weight excluding hydrogens is 256 g/mol. The van der Waals surface area contributed by atoms with Gasteiger partial charge in [-0.25, -0.2) is 0 Å². The fraction of sp³-hybridized carbons (Fsp3) is 0.933. The van der Waals surface area contributed by atoms with Crippen LogP contribution in [0, 0.1) is 5.92 Å². The number of carbonyl (C=O) groups excluding carboxylic acids is 1. The second-order valence-electron chi connectivity index (χ2n) is 5.93. The van der Waals surface area contributed by atoms with E-state index in [0.717, 1.165) is 19.5 Å². The van der Waals surface area contributed by atoms with Gasteiger partial charge in [0.25, 0.3) is 0 Å². The van der Waals surface area contributed by atoms with Gasteiger partial charge in [0.05, 0.1) is 12.7 Å². The normalized spacial score (nSPS) is 25.7. The standard InChI is InChI=1S/C15H30N2O3/c1-6-20-15(18)13(16-11(2)3)9-17-8-7-12(4)14(10-17)19-5/h11-14,16H,6-10H2,1-5H3. The van der Waals surface area contributed by atoms with E-state index in [1.165, 1.54) is 0 Å². The molecule has 20 heavy (non-hydrogen) atoms. The minimum absolute atomic E-state index is 0.159. The summed E-state index contributed by atoms with van der Waals surface area (Å²) in [5.41, 5.74) is 0. The molecule has 1 aliphatic rings. The van der Waals surface area contributed by atoms with Crippen LogP contribution in [-0.4, -0.2) is 62.4 Å². The summed E-state index contributed by atoms with van der Waals surface area (Å²) in [6, 6.07) is -0.00722. The molecule has 3 atom stereocenters. The van der Waals surface area contributed by atoms with Gasteiger partial charge in [-0.15, -0.1) is 0 Å². The lowest BCUT2D eigenvalue weighted by Gasteiger charge is -2.37. The number of likely N-dealkylation sites (tertiary alicyclic amines) is 1. The Balaban J connectivity index is 2.57. The number of esters is 1. The number of nitrogens with zero attached hydrogens (tertiary/aromatic N) is 1. The predicted molar refractivity (Wildman–Crippen MR) is 79.7 cm³/mol. The Morgan fingerprint density at radius 1 is 1.45 bits per heavy atom. The Kier molecular flexibility index (Phi) is 7.48. The third-order valence-electron chi connectivity index (χ3n) is 3.82. The Labute approximate surface area is 123 Å². The Hall–Kier alpha value is -0.650. The summed E-state index contributed by atoms with van der Waals surface area (Å²) >= 11 is 0. The lowest BCUT2D eigenvalue weighted by atomic mass is 9.95. The van der Waals surface area contributed by atoms with Gasteiger partial charge >= 0.3 is 5.97 Å². The first-order valence-corrected chi connectivity index (χ1v) is 7.65. The molecule has 0 bridgehead atoms. The van der Waals surface area contributed by atoms with Crippen molar-refractivity contribution >= 4 is 5.97 Å². The minimum Gasteiger partial charge on any atom is -0.465 e. The average molecular weight is 286 g/mol. The van der Waals surface area contributed by atoms with Gasteiger partial charge < -0.3 is 14.8 Å². The molecule has 1 saturated heterocycles. The van der Waals surface area contributed by atoms with Crippen molar-refractivity contribution in [3.05, 3.63) is 0 Å².